The van der Waals surface area contributed by atoms with E-state index in [-0.39, 0.29) is 6.54 Å². The van der Waals surface area contributed by atoms with Crippen LogP contribution in [-0.4, -0.2) is 42.4 Å². The fourth-order valence-electron chi connectivity index (χ4n) is 1.77. The summed E-state index contributed by atoms with van der Waals surface area (Å²) in [5.74, 6) is 0. The number of nitrogens with zero attached hydrogens (tertiary/aromatic N) is 1. The van der Waals surface area contributed by atoms with Crippen LogP contribution in [-0.2, 0) is 4.74 Å². The van der Waals surface area contributed by atoms with Gasteiger partial charge in [0, 0.05) is 18.5 Å². The number of rotatable bonds is 1. The molecule has 1 aliphatic heterocycles. The Labute approximate surface area is 102 Å². The van der Waals surface area contributed by atoms with E-state index in [4.69, 9.17) is 10.5 Å². The molecule has 0 bridgehead atoms. The predicted molar refractivity (Wildman–Crippen MR) is 64.5 cm³/mol. The molecule has 2 N–H and O–H groups in total. The van der Waals surface area contributed by atoms with Crippen LogP contribution in [0.2, 0.25) is 0 Å². The van der Waals surface area contributed by atoms with Gasteiger partial charge in [0.1, 0.15) is 11.8 Å². The molecule has 1 amide bonds. The number of hydrogen-bond donors (Lipinski definition) is 1. The predicted octanol–water partition coefficient (Wildman–Crippen LogP) is 1.93. The molecule has 0 unspecified atom stereocenters. The topological polar surface area (TPSA) is 55.6 Å². The van der Waals surface area contributed by atoms with Crippen molar-refractivity contribution in [1.29, 1.82) is 0 Å². The molecular weight excluding hydrogens is 223 g/mol. The Bertz CT molecular complexity index is 291. The average molecular weight is 246 g/mol. The number of hydrogen-bond acceptors (Lipinski definition) is 3. The summed E-state index contributed by atoms with van der Waals surface area (Å²) in [4.78, 5) is 13.2. The van der Waals surface area contributed by atoms with Gasteiger partial charge in [0.2, 0.25) is 0 Å². The van der Waals surface area contributed by atoms with Crippen LogP contribution < -0.4 is 5.73 Å². The Morgan fingerprint density at radius 2 is 2.18 bits per heavy atom. The second-order valence-electron chi connectivity index (χ2n) is 6.00. The Kier molecular flexibility index (Phi) is 4.02. The van der Waals surface area contributed by atoms with Gasteiger partial charge in [-0.1, -0.05) is 6.92 Å². The maximum atomic E-state index is 13.9. The molecule has 0 aromatic carbocycles. The number of carbonyl (C=O) groups excluding carboxylic acids is 1. The molecule has 0 aromatic heterocycles. The number of ether oxygens (including phenoxy) is 1. The zero-order chi connectivity index (χ0) is 13.3. The highest BCUT2D eigenvalue weighted by atomic mass is 19.1. The summed E-state index contributed by atoms with van der Waals surface area (Å²) in [5.41, 5.74) is 4.52. The summed E-state index contributed by atoms with van der Waals surface area (Å²) >= 11 is 0. The second kappa shape index (κ2) is 4.80. The van der Waals surface area contributed by atoms with E-state index in [1.807, 2.05) is 6.92 Å². The lowest BCUT2D eigenvalue weighted by Crippen LogP contribution is -2.53. The molecule has 0 saturated carbocycles. The number of halogens is 1. The van der Waals surface area contributed by atoms with Crippen molar-refractivity contribution >= 4 is 6.09 Å². The van der Waals surface area contributed by atoms with Crippen molar-refractivity contribution in [2.45, 2.75) is 45.9 Å². The van der Waals surface area contributed by atoms with Crippen molar-refractivity contribution < 1.29 is 13.9 Å². The first-order valence-electron chi connectivity index (χ1n) is 6.00. The normalized spacial score (nSPS) is 30.2. The quantitative estimate of drug-likeness (QED) is 0.769. The van der Waals surface area contributed by atoms with E-state index in [2.05, 4.69) is 0 Å². The summed E-state index contributed by atoms with van der Waals surface area (Å²) in [6.07, 6.45) is -0.961. The van der Waals surface area contributed by atoms with Crippen molar-refractivity contribution in [3.05, 3.63) is 0 Å². The van der Waals surface area contributed by atoms with Crippen LogP contribution in [0.25, 0.3) is 0 Å². The van der Waals surface area contributed by atoms with Gasteiger partial charge >= 0.3 is 6.09 Å². The van der Waals surface area contributed by atoms with E-state index in [0.717, 1.165) is 0 Å². The van der Waals surface area contributed by atoms with Gasteiger partial charge in [-0.25, -0.2) is 9.18 Å². The summed E-state index contributed by atoms with van der Waals surface area (Å²) in [5, 5.41) is 0. The smallest absolute Gasteiger partial charge is 0.410 e. The van der Waals surface area contributed by atoms with E-state index in [1.54, 1.807) is 20.8 Å². The molecule has 17 heavy (non-hydrogen) atoms. The summed E-state index contributed by atoms with van der Waals surface area (Å²) in [6, 6.07) is 0. The van der Waals surface area contributed by atoms with Crippen molar-refractivity contribution in [3.8, 4) is 0 Å². The fourth-order valence-corrected chi connectivity index (χ4v) is 1.77. The van der Waals surface area contributed by atoms with Crippen molar-refractivity contribution in [1.82, 2.24) is 4.90 Å². The molecule has 1 rings (SSSR count). The van der Waals surface area contributed by atoms with Gasteiger partial charge in [-0.05, 0) is 27.2 Å². The highest BCUT2D eigenvalue weighted by Gasteiger charge is 2.40. The molecule has 0 aliphatic carbocycles. The van der Waals surface area contributed by atoms with Crippen molar-refractivity contribution in [2.75, 3.05) is 19.6 Å². The van der Waals surface area contributed by atoms with E-state index in [9.17, 15) is 9.18 Å². The lowest BCUT2D eigenvalue weighted by molar-refractivity contribution is -0.0120. The first-order chi connectivity index (χ1) is 7.68. The zero-order valence-electron chi connectivity index (χ0n) is 11.1. The van der Waals surface area contributed by atoms with E-state index >= 15 is 0 Å². The highest BCUT2D eigenvalue weighted by molar-refractivity contribution is 5.68. The molecular formula is C12H23FN2O2. The number of alkyl halides is 1. The molecule has 1 saturated heterocycles. The molecule has 1 fully saturated rings. The number of carbonyl (C=O) groups is 1. The Morgan fingerprint density at radius 3 is 2.59 bits per heavy atom. The summed E-state index contributed by atoms with van der Waals surface area (Å²) in [7, 11) is 0. The SMILES string of the molecule is CC(C)(C)OC(=O)N1CC[C@@](C)(CN)[C@H](F)C1. The Hall–Kier alpha value is -0.840. The van der Waals surface area contributed by atoms with Crippen LogP contribution in [0, 0.1) is 5.41 Å². The molecule has 100 valence electrons. The third-order valence-corrected chi connectivity index (χ3v) is 3.21. The maximum Gasteiger partial charge on any atom is 0.410 e. The molecule has 5 heteroatoms. The van der Waals surface area contributed by atoms with Crippen LogP contribution in [0.1, 0.15) is 34.1 Å². The van der Waals surface area contributed by atoms with Crippen molar-refractivity contribution in [3.63, 3.8) is 0 Å². The Balaban J connectivity index is 2.58. The molecule has 2 atom stereocenters. The Morgan fingerprint density at radius 1 is 1.59 bits per heavy atom. The largest absolute Gasteiger partial charge is 0.444 e. The van der Waals surface area contributed by atoms with E-state index in [0.29, 0.717) is 19.5 Å². The standard InChI is InChI=1S/C12H23FN2O2/c1-11(2,3)17-10(16)15-6-5-12(4,8-14)9(13)7-15/h9H,5-8,14H2,1-4H3/t9-,12+/m1/s1. The summed E-state index contributed by atoms with van der Waals surface area (Å²) in [6.45, 7) is 8.09. The molecule has 1 heterocycles. The van der Waals surface area contributed by atoms with Crippen molar-refractivity contribution in [2.24, 2.45) is 11.1 Å². The van der Waals surface area contributed by atoms with Gasteiger partial charge in [-0.3, -0.25) is 0 Å². The number of piperidine rings is 1. The molecule has 0 radical (unpaired) electrons. The average Bonchev–Trinajstić information content (AvgIpc) is 2.19. The number of nitrogens with two attached hydrogens (primary N) is 1. The molecule has 0 spiro atoms. The van der Waals surface area contributed by atoms with E-state index < -0.39 is 23.3 Å². The molecule has 1 aliphatic rings. The van der Waals surface area contributed by atoms with Crippen LogP contribution in [0.4, 0.5) is 9.18 Å². The lowest BCUT2D eigenvalue weighted by Gasteiger charge is -2.41. The van der Waals surface area contributed by atoms with Gasteiger partial charge in [-0.15, -0.1) is 0 Å². The minimum atomic E-state index is -1.09. The molecule has 4 nitrogen and oxygen atoms in total. The van der Waals surface area contributed by atoms with Crippen LogP contribution >= 0.6 is 0 Å². The maximum absolute atomic E-state index is 13.9. The van der Waals surface area contributed by atoms with Gasteiger partial charge in [-0.2, -0.15) is 0 Å². The minimum Gasteiger partial charge on any atom is -0.444 e. The van der Waals surface area contributed by atoms with Gasteiger partial charge in [0.05, 0.1) is 6.54 Å². The lowest BCUT2D eigenvalue weighted by atomic mass is 9.79. The van der Waals surface area contributed by atoms with Crippen LogP contribution in [0.5, 0.6) is 0 Å². The first kappa shape index (κ1) is 14.2. The van der Waals surface area contributed by atoms with Gasteiger partial charge in [0.25, 0.3) is 0 Å². The minimum absolute atomic E-state index is 0.0720. The van der Waals surface area contributed by atoms with Gasteiger partial charge in [0.15, 0.2) is 0 Å². The first-order valence-corrected chi connectivity index (χ1v) is 6.00. The third-order valence-electron chi connectivity index (χ3n) is 3.21. The second-order valence-corrected chi connectivity index (χ2v) is 6.00. The summed E-state index contributed by atoms with van der Waals surface area (Å²) < 4.78 is 19.2. The number of likely N-dealkylation sites (tertiary alicyclic amines) is 1. The van der Waals surface area contributed by atoms with Crippen LogP contribution in [0.3, 0.4) is 0 Å². The fraction of sp³-hybridized carbons (Fsp3) is 0.917. The zero-order valence-corrected chi connectivity index (χ0v) is 11.1. The van der Waals surface area contributed by atoms with Crippen LogP contribution in [0.15, 0.2) is 0 Å². The third kappa shape index (κ3) is 3.56. The van der Waals surface area contributed by atoms with E-state index in [1.165, 1.54) is 4.90 Å². The monoisotopic (exact) mass is 246 g/mol. The van der Waals surface area contributed by atoms with Gasteiger partial charge < -0.3 is 15.4 Å². The number of amides is 1. The molecule has 0 aromatic rings. The highest BCUT2D eigenvalue weighted by Crippen LogP contribution is 2.32.